The van der Waals surface area contributed by atoms with Crippen LogP contribution in [-0.2, 0) is 11.3 Å². The number of ether oxygens (including phenoxy) is 1. The third kappa shape index (κ3) is 3.52. The molecule has 0 aromatic carbocycles. The molecule has 1 aromatic rings. The molecule has 0 atom stereocenters. The molecular formula is C13H22N2OS. The van der Waals surface area contributed by atoms with Crippen LogP contribution in [0, 0.1) is 12.3 Å². The lowest BCUT2D eigenvalue weighted by Gasteiger charge is -2.36. The minimum absolute atomic E-state index is 0.255. The molecule has 1 aliphatic heterocycles. The number of aryl methyl sites for hydroxylation is 1. The Hall–Kier alpha value is -0.420. The summed E-state index contributed by atoms with van der Waals surface area (Å²) >= 11 is 1.86. The lowest BCUT2D eigenvalue weighted by Crippen LogP contribution is -2.44. The second-order valence-electron chi connectivity index (χ2n) is 4.93. The quantitative estimate of drug-likeness (QED) is 0.843. The van der Waals surface area contributed by atoms with Crippen molar-refractivity contribution in [2.45, 2.75) is 26.3 Å². The van der Waals surface area contributed by atoms with Gasteiger partial charge in [-0.25, -0.2) is 0 Å². The van der Waals surface area contributed by atoms with Crippen molar-refractivity contribution in [1.82, 2.24) is 5.32 Å². The molecule has 96 valence electrons. The first-order valence-electron chi connectivity index (χ1n) is 6.28. The van der Waals surface area contributed by atoms with Gasteiger partial charge in [0.2, 0.25) is 0 Å². The van der Waals surface area contributed by atoms with Crippen molar-refractivity contribution >= 4 is 11.3 Å². The van der Waals surface area contributed by atoms with E-state index in [1.165, 1.54) is 9.75 Å². The first-order chi connectivity index (χ1) is 8.24. The van der Waals surface area contributed by atoms with Crippen molar-refractivity contribution in [3.05, 3.63) is 21.9 Å². The Labute approximate surface area is 107 Å². The minimum Gasteiger partial charge on any atom is -0.381 e. The van der Waals surface area contributed by atoms with Crippen LogP contribution in [0.25, 0.3) is 0 Å². The summed E-state index contributed by atoms with van der Waals surface area (Å²) in [6.45, 7) is 6.58. The van der Waals surface area contributed by atoms with Crippen LogP contribution in [0.2, 0.25) is 0 Å². The predicted octanol–water partition coefficient (Wildman–Crippen LogP) is 1.90. The number of hydrogen-bond donors (Lipinski definition) is 2. The summed E-state index contributed by atoms with van der Waals surface area (Å²) in [5, 5.41) is 3.55. The Balaban J connectivity index is 1.79. The number of nitrogens with two attached hydrogens (primary N) is 1. The molecule has 0 spiro atoms. The van der Waals surface area contributed by atoms with Crippen molar-refractivity contribution in [3.8, 4) is 0 Å². The van der Waals surface area contributed by atoms with Crippen LogP contribution in [0.15, 0.2) is 12.1 Å². The average molecular weight is 254 g/mol. The number of hydrogen-bond acceptors (Lipinski definition) is 4. The van der Waals surface area contributed by atoms with Gasteiger partial charge in [-0.3, -0.25) is 0 Å². The Morgan fingerprint density at radius 2 is 2.18 bits per heavy atom. The maximum absolute atomic E-state index is 5.93. The second kappa shape index (κ2) is 5.96. The van der Waals surface area contributed by atoms with Crippen LogP contribution in [-0.4, -0.2) is 26.3 Å². The molecule has 1 aliphatic rings. The Morgan fingerprint density at radius 1 is 1.41 bits per heavy atom. The molecule has 0 aliphatic carbocycles. The molecule has 2 rings (SSSR count). The SMILES string of the molecule is Cc1ccc(CNCC2(CN)CCOCC2)s1. The van der Waals surface area contributed by atoms with Crippen molar-refractivity contribution in [3.63, 3.8) is 0 Å². The Morgan fingerprint density at radius 3 is 2.76 bits per heavy atom. The first kappa shape index (κ1) is 13.0. The molecule has 17 heavy (non-hydrogen) atoms. The zero-order valence-corrected chi connectivity index (χ0v) is 11.3. The van der Waals surface area contributed by atoms with E-state index in [9.17, 15) is 0 Å². The van der Waals surface area contributed by atoms with E-state index in [0.717, 1.165) is 45.7 Å². The third-order valence-electron chi connectivity index (χ3n) is 3.58. The Kier molecular flexibility index (Phi) is 4.56. The summed E-state index contributed by atoms with van der Waals surface area (Å²) in [5.41, 5.74) is 6.18. The molecule has 0 radical (unpaired) electrons. The van der Waals surface area contributed by atoms with Gasteiger partial charge >= 0.3 is 0 Å². The molecule has 3 nitrogen and oxygen atoms in total. The van der Waals surface area contributed by atoms with Crippen LogP contribution in [0.1, 0.15) is 22.6 Å². The van der Waals surface area contributed by atoms with Crippen molar-refractivity contribution in [1.29, 1.82) is 0 Å². The molecule has 0 bridgehead atoms. The molecule has 0 amide bonds. The first-order valence-corrected chi connectivity index (χ1v) is 7.10. The smallest absolute Gasteiger partial charge is 0.0472 e. The third-order valence-corrected chi connectivity index (χ3v) is 4.58. The highest BCUT2D eigenvalue weighted by atomic mass is 32.1. The molecular weight excluding hydrogens is 232 g/mol. The molecule has 1 saturated heterocycles. The zero-order valence-electron chi connectivity index (χ0n) is 10.5. The highest BCUT2D eigenvalue weighted by Crippen LogP contribution is 2.28. The monoisotopic (exact) mass is 254 g/mol. The fourth-order valence-corrected chi connectivity index (χ4v) is 3.15. The second-order valence-corrected chi connectivity index (χ2v) is 6.30. The van der Waals surface area contributed by atoms with Gasteiger partial charge < -0.3 is 15.8 Å². The van der Waals surface area contributed by atoms with Gasteiger partial charge in [0.1, 0.15) is 0 Å². The maximum atomic E-state index is 5.93. The number of thiophene rings is 1. The van der Waals surface area contributed by atoms with Gasteiger partial charge in [0.15, 0.2) is 0 Å². The van der Waals surface area contributed by atoms with Crippen LogP contribution in [0.5, 0.6) is 0 Å². The van der Waals surface area contributed by atoms with Gasteiger partial charge in [-0.2, -0.15) is 0 Å². The highest BCUT2D eigenvalue weighted by Gasteiger charge is 2.30. The van der Waals surface area contributed by atoms with Gasteiger partial charge in [-0.05, 0) is 43.9 Å². The summed E-state index contributed by atoms with van der Waals surface area (Å²) in [5.74, 6) is 0. The topological polar surface area (TPSA) is 47.3 Å². The average Bonchev–Trinajstić information content (AvgIpc) is 2.76. The summed E-state index contributed by atoms with van der Waals surface area (Å²) in [7, 11) is 0. The molecule has 2 heterocycles. The van der Waals surface area contributed by atoms with Gasteiger partial charge in [0.05, 0.1) is 0 Å². The summed E-state index contributed by atoms with van der Waals surface area (Å²) in [4.78, 5) is 2.78. The largest absolute Gasteiger partial charge is 0.381 e. The van der Waals surface area contributed by atoms with Gasteiger partial charge in [0, 0.05) is 36.1 Å². The fourth-order valence-electron chi connectivity index (χ4n) is 2.29. The van der Waals surface area contributed by atoms with E-state index in [0.29, 0.717) is 0 Å². The molecule has 1 fully saturated rings. The minimum atomic E-state index is 0.255. The normalized spacial score (nSPS) is 19.4. The van der Waals surface area contributed by atoms with Gasteiger partial charge in [-0.15, -0.1) is 11.3 Å². The highest BCUT2D eigenvalue weighted by molar-refractivity contribution is 7.11. The van der Waals surface area contributed by atoms with Gasteiger partial charge in [-0.1, -0.05) is 0 Å². The molecule has 1 aromatic heterocycles. The van der Waals surface area contributed by atoms with E-state index >= 15 is 0 Å². The van der Waals surface area contributed by atoms with Crippen molar-refractivity contribution in [2.75, 3.05) is 26.3 Å². The lowest BCUT2D eigenvalue weighted by atomic mass is 9.80. The van der Waals surface area contributed by atoms with Crippen LogP contribution in [0.3, 0.4) is 0 Å². The predicted molar refractivity (Wildman–Crippen MR) is 72.3 cm³/mol. The summed E-state index contributed by atoms with van der Waals surface area (Å²) < 4.78 is 5.41. The van der Waals surface area contributed by atoms with E-state index < -0.39 is 0 Å². The Bertz CT molecular complexity index is 345. The van der Waals surface area contributed by atoms with E-state index in [2.05, 4.69) is 24.4 Å². The van der Waals surface area contributed by atoms with E-state index in [1.54, 1.807) is 0 Å². The van der Waals surface area contributed by atoms with Crippen molar-refractivity contribution in [2.24, 2.45) is 11.1 Å². The lowest BCUT2D eigenvalue weighted by molar-refractivity contribution is 0.0191. The standard InChI is InChI=1S/C13H22N2OS/c1-11-2-3-12(17-11)8-15-10-13(9-14)4-6-16-7-5-13/h2-3,15H,4-10,14H2,1H3. The molecule has 0 unspecified atom stereocenters. The number of rotatable bonds is 5. The molecule has 3 N–H and O–H groups in total. The van der Waals surface area contributed by atoms with E-state index in [1.807, 2.05) is 11.3 Å². The summed E-state index contributed by atoms with van der Waals surface area (Å²) in [6.07, 6.45) is 2.17. The zero-order chi connectivity index (χ0) is 12.1. The van der Waals surface area contributed by atoms with Crippen LogP contribution in [0.4, 0.5) is 0 Å². The fraction of sp³-hybridized carbons (Fsp3) is 0.692. The molecule has 0 saturated carbocycles. The van der Waals surface area contributed by atoms with E-state index in [-0.39, 0.29) is 5.41 Å². The maximum Gasteiger partial charge on any atom is 0.0472 e. The van der Waals surface area contributed by atoms with Crippen LogP contribution >= 0.6 is 11.3 Å². The molecule has 4 heteroatoms. The van der Waals surface area contributed by atoms with Crippen LogP contribution < -0.4 is 11.1 Å². The van der Waals surface area contributed by atoms with Gasteiger partial charge in [0.25, 0.3) is 0 Å². The van der Waals surface area contributed by atoms with Crippen molar-refractivity contribution < 1.29 is 4.74 Å². The summed E-state index contributed by atoms with van der Waals surface area (Å²) in [6, 6.07) is 4.38. The number of nitrogens with one attached hydrogen (secondary N) is 1. The van der Waals surface area contributed by atoms with E-state index in [4.69, 9.17) is 10.5 Å².